The molecule has 0 fully saturated rings. The molecular weight excluding hydrogens is 140 g/mol. The van der Waals surface area contributed by atoms with Crippen LogP contribution in [0.25, 0.3) is 0 Å². The SMILES string of the molecule is COC(=O)C1C=CCC=CC1. The van der Waals surface area contributed by atoms with E-state index in [9.17, 15) is 4.79 Å². The van der Waals surface area contributed by atoms with Crippen molar-refractivity contribution in [3.05, 3.63) is 24.3 Å². The van der Waals surface area contributed by atoms with Gasteiger partial charge in [0.25, 0.3) is 0 Å². The van der Waals surface area contributed by atoms with Crippen LogP contribution >= 0.6 is 0 Å². The van der Waals surface area contributed by atoms with E-state index in [1.54, 1.807) is 0 Å². The summed E-state index contributed by atoms with van der Waals surface area (Å²) in [5.74, 6) is -0.216. The molecule has 0 aromatic rings. The molecule has 1 rings (SSSR count). The summed E-state index contributed by atoms with van der Waals surface area (Å²) >= 11 is 0. The maximum Gasteiger partial charge on any atom is 0.312 e. The van der Waals surface area contributed by atoms with Gasteiger partial charge >= 0.3 is 5.97 Å². The zero-order chi connectivity index (χ0) is 8.10. The highest BCUT2D eigenvalue weighted by Gasteiger charge is 2.14. The third kappa shape index (κ3) is 2.22. The highest BCUT2D eigenvalue weighted by molar-refractivity contribution is 5.74. The van der Waals surface area contributed by atoms with Gasteiger partial charge < -0.3 is 4.74 Å². The molecule has 60 valence electrons. The van der Waals surface area contributed by atoms with Gasteiger partial charge in [0.1, 0.15) is 0 Å². The van der Waals surface area contributed by atoms with Gasteiger partial charge in [-0.2, -0.15) is 0 Å². The standard InChI is InChI=1S/C9H12O2/c1-11-9(10)8-6-4-2-3-5-7-8/h2,4-5,7-8H,3,6H2,1H3. The number of hydrogen-bond acceptors (Lipinski definition) is 2. The molecule has 0 saturated heterocycles. The van der Waals surface area contributed by atoms with E-state index in [-0.39, 0.29) is 11.9 Å². The molecular formula is C9H12O2. The minimum atomic E-state index is -0.146. The van der Waals surface area contributed by atoms with E-state index in [4.69, 9.17) is 0 Å². The fraction of sp³-hybridized carbons (Fsp3) is 0.444. The minimum Gasteiger partial charge on any atom is -0.469 e. The average molecular weight is 152 g/mol. The van der Waals surface area contributed by atoms with Gasteiger partial charge in [0.05, 0.1) is 13.0 Å². The Labute approximate surface area is 66.5 Å². The fourth-order valence-electron chi connectivity index (χ4n) is 1.07. The predicted molar refractivity (Wildman–Crippen MR) is 43.0 cm³/mol. The number of methoxy groups -OCH3 is 1. The lowest BCUT2D eigenvalue weighted by Gasteiger charge is -2.05. The molecule has 0 heterocycles. The summed E-state index contributed by atoms with van der Waals surface area (Å²) < 4.78 is 4.62. The molecule has 2 heteroatoms. The van der Waals surface area contributed by atoms with Gasteiger partial charge in [0.2, 0.25) is 0 Å². The van der Waals surface area contributed by atoms with Crippen LogP contribution in [0.15, 0.2) is 24.3 Å². The summed E-state index contributed by atoms with van der Waals surface area (Å²) in [6, 6.07) is 0. The van der Waals surface area contributed by atoms with Crippen molar-refractivity contribution in [3.8, 4) is 0 Å². The van der Waals surface area contributed by atoms with Crippen molar-refractivity contribution in [1.82, 2.24) is 0 Å². The summed E-state index contributed by atoms with van der Waals surface area (Å²) in [7, 11) is 1.42. The molecule has 11 heavy (non-hydrogen) atoms. The van der Waals surface area contributed by atoms with Crippen molar-refractivity contribution < 1.29 is 9.53 Å². The monoisotopic (exact) mass is 152 g/mol. The van der Waals surface area contributed by atoms with Crippen molar-refractivity contribution in [3.63, 3.8) is 0 Å². The van der Waals surface area contributed by atoms with E-state index < -0.39 is 0 Å². The number of allylic oxidation sites excluding steroid dienone is 3. The van der Waals surface area contributed by atoms with Gasteiger partial charge in [-0.25, -0.2) is 0 Å². The Kier molecular flexibility index (Phi) is 2.90. The number of rotatable bonds is 1. The molecule has 0 bridgehead atoms. The van der Waals surface area contributed by atoms with E-state index in [0.717, 1.165) is 12.8 Å². The second-order valence-electron chi connectivity index (χ2n) is 2.50. The fourth-order valence-corrected chi connectivity index (χ4v) is 1.07. The lowest BCUT2D eigenvalue weighted by molar-refractivity contribution is -0.143. The Hall–Kier alpha value is -1.05. The van der Waals surface area contributed by atoms with Gasteiger partial charge in [-0.3, -0.25) is 4.79 Å². The van der Waals surface area contributed by atoms with Crippen LogP contribution in [0.1, 0.15) is 12.8 Å². The lowest BCUT2D eigenvalue weighted by Crippen LogP contribution is -2.12. The van der Waals surface area contributed by atoms with E-state index >= 15 is 0 Å². The summed E-state index contributed by atoms with van der Waals surface area (Å²) in [6.07, 6.45) is 9.66. The van der Waals surface area contributed by atoms with Crippen LogP contribution in [-0.4, -0.2) is 13.1 Å². The average Bonchev–Trinajstić information content (AvgIpc) is 2.30. The number of hydrogen-bond donors (Lipinski definition) is 0. The van der Waals surface area contributed by atoms with E-state index in [0.29, 0.717) is 0 Å². The second kappa shape index (κ2) is 3.96. The van der Waals surface area contributed by atoms with Gasteiger partial charge in [0.15, 0.2) is 0 Å². The third-order valence-electron chi connectivity index (χ3n) is 1.70. The molecule has 0 aromatic carbocycles. The van der Waals surface area contributed by atoms with Crippen molar-refractivity contribution in [1.29, 1.82) is 0 Å². The van der Waals surface area contributed by atoms with E-state index in [2.05, 4.69) is 10.8 Å². The maximum absolute atomic E-state index is 11.0. The molecule has 1 aliphatic carbocycles. The first-order valence-corrected chi connectivity index (χ1v) is 3.74. The highest BCUT2D eigenvalue weighted by atomic mass is 16.5. The van der Waals surface area contributed by atoms with Gasteiger partial charge in [-0.05, 0) is 12.8 Å². The zero-order valence-corrected chi connectivity index (χ0v) is 6.62. The molecule has 0 amide bonds. The Balaban J connectivity index is 2.56. The molecule has 0 N–H and O–H groups in total. The van der Waals surface area contributed by atoms with Crippen LogP contribution in [0, 0.1) is 5.92 Å². The number of esters is 1. The Morgan fingerprint density at radius 3 is 3.00 bits per heavy atom. The molecule has 1 unspecified atom stereocenters. The minimum absolute atomic E-state index is 0.0706. The summed E-state index contributed by atoms with van der Waals surface area (Å²) in [4.78, 5) is 11.0. The van der Waals surface area contributed by atoms with Crippen LogP contribution in [0.3, 0.4) is 0 Å². The molecule has 1 aliphatic rings. The van der Waals surface area contributed by atoms with Crippen LogP contribution in [0.5, 0.6) is 0 Å². The van der Waals surface area contributed by atoms with Crippen LogP contribution < -0.4 is 0 Å². The van der Waals surface area contributed by atoms with Gasteiger partial charge in [0, 0.05) is 0 Å². The van der Waals surface area contributed by atoms with Crippen LogP contribution in [-0.2, 0) is 9.53 Å². The quantitative estimate of drug-likeness (QED) is 0.422. The summed E-state index contributed by atoms with van der Waals surface area (Å²) in [5.41, 5.74) is 0. The molecule has 0 saturated carbocycles. The highest BCUT2D eigenvalue weighted by Crippen LogP contribution is 2.12. The Bertz CT molecular complexity index is 192. The zero-order valence-electron chi connectivity index (χ0n) is 6.62. The van der Waals surface area contributed by atoms with Crippen molar-refractivity contribution in [2.24, 2.45) is 5.92 Å². The largest absolute Gasteiger partial charge is 0.469 e. The first-order valence-electron chi connectivity index (χ1n) is 3.74. The first kappa shape index (κ1) is 8.05. The van der Waals surface area contributed by atoms with Crippen molar-refractivity contribution in [2.45, 2.75) is 12.8 Å². The number of carbonyl (C=O) groups is 1. The topological polar surface area (TPSA) is 26.3 Å². The maximum atomic E-state index is 11.0. The van der Waals surface area contributed by atoms with Crippen LogP contribution in [0.2, 0.25) is 0 Å². The van der Waals surface area contributed by atoms with Crippen molar-refractivity contribution in [2.75, 3.05) is 7.11 Å². The number of ether oxygens (including phenoxy) is 1. The molecule has 0 spiro atoms. The van der Waals surface area contributed by atoms with E-state index in [1.165, 1.54) is 7.11 Å². The molecule has 0 aromatic heterocycles. The molecule has 2 nitrogen and oxygen atoms in total. The predicted octanol–water partition coefficient (Wildman–Crippen LogP) is 1.68. The second-order valence-corrected chi connectivity index (χ2v) is 2.50. The first-order chi connectivity index (χ1) is 5.34. The van der Waals surface area contributed by atoms with Crippen molar-refractivity contribution >= 4 is 5.97 Å². The van der Waals surface area contributed by atoms with E-state index in [1.807, 2.05) is 18.2 Å². The van der Waals surface area contributed by atoms with Gasteiger partial charge in [-0.15, -0.1) is 0 Å². The van der Waals surface area contributed by atoms with Crippen LogP contribution in [0.4, 0.5) is 0 Å². The lowest BCUT2D eigenvalue weighted by atomic mass is 10.1. The third-order valence-corrected chi connectivity index (χ3v) is 1.70. The summed E-state index contributed by atoms with van der Waals surface area (Å²) in [6.45, 7) is 0. The van der Waals surface area contributed by atoms with Gasteiger partial charge in [-0.1, -0.05) is 24.3 Å². The summed E-state index contributed by atoms with van der Waals surface area (Å²) in [5, 5.41) is 0. The Morgan fingerprint density at radius 1 is 1.45 bits per heavy atom. The number of carbonyl (C=O) groups excluding carboxylic acids is 1. The molecule has 0 aliphatic heterocycles. The smallest absolute Gasteiger partial charge is 0.312 e. The Morgan fingerprint density at radius 2 is 2.27 bits per heavy atom. The molecule has 1 atom stereocenters. The molecule has 0 radical (unpaired) electrons. The normalized spacial score (nSPS) is 22.8.